The number of carbonyl (C=O) groups excluding carboxylic acids is 2. The number of urea groups is 1. The van der Waals surface area contributed by atoms with Gasteiger partial charge in [0.1, 0.15) is 6.61 Å². The maximum atomic E-state index is 13.5. The van der Waals surface area contributed by atoms with Gasteiger partial charge in [0.05, 0.1) is 31.1 Å². The molecule has 0 spiro atoms. The molecule has 0 aliphatic carbocycles. The van der Waals surface area contributed by atoms with Crippen molar-refractivity contribution in [2.75, 3.05) is 13.4 Å². The molecule has 1 aromatic carbocycles. The quantitative estimate of drug-likeness (QED) is 0.174. The highest BCUT2D eigenvalue weighted by molar-refractivity contribution is 7.10. The molecule has 0 fully saturated rings. The summed E-state index contributed by atoms with van der Waals surface area (Å²) in [5.74, 6) is 0.00517. The van der Waals surface area contributed by atoms with Gasteiger partial charge in [0.15, 0.2) is 11.5 Å². The molecule has 3 heterocycles. The number of fused-ring (bicyclic) bond motifs is 1. The zero-order valence-electron chi connectivity index (χ0n) is 23.7. The van der Waals surface area contributed by atoms with Crippen molar-refractivity contribution in [1.82, 2.24) is 15.5 Å². The molecular formula is C30H37N3O7S2. The number of carboxylic acids is 1. The summed E-state index contributed by atoms with van der Waals surface area (Å²) in [6.45, 7) is 4.59. The molecule has 1 unspecified atom stereocenters. The van der Waals surface area contributed by atoms with E-state index in [1.807, 2.05) is 48.9 Å². The zero-order valence-corrected chi connectivity index (χ0v) is 25.4. The lowest BCUT2D eigenvalue weighted by Gasteiger charge is -2.30. The Balaban J connectivity index is 1.42. The number of benzene rings is 1. The second-order valence-corrected chi connectivity index (χ2v) is 12.0. The van der Waals surface area contributed by atoms with Gasteiger partial charge in [-0.1, -0.05) is 44.9 Å². The zero-order chi connectivity index (χ0) is 29.9. The number of nitrogens with one attached hydrogen (secondary N) is 2. The lowest BCUT2D eigenvalue weighted by atomic mass is 10.0. The Hall–Kier alpha value is -3.77. The van der Waals surface area contributed by atoms with E-state index >= 15 is 0 Å². The third kappa shape index (κ3) is 8.62. The molecule has 12 heteroatoms. The number of hydrogen-bond acceptors (Lipinski definition) is 8. The molecule has 0 bridgehead atoms. The molecule has 0 saturated heterocycles. The van der Waals surface area contributed by atoms with E-state index in [-0.39, 0.29) is 25.9 Å². The van der Waals surface area contributed by atoms with Crippen LogP contribution in [0.3, 0.4) is 0 Å². The second-order valence-electron chi connectivity index (χ2n) is 9.94. The SMILES string of the molecule is CCCC[C@@H](COC(=O)N(Cc1cccs1)C(CC)c1cccs1)NC(=O)N[C@H](CC(=O)O)c1ccc2c(c1)OCO2. The van der Waals surface area contributed by atoms with Crippen molar-refractivity contribution in [1.29, 1.82) is 0 Å². The van der Waals surface area contributed by atoms with Gasteiger partial charge >= 0.3 is 18.1 Å². The molecule has 10 nitrogen and oxygen atoms in total. The van der Waals surface area contributed by atoms with Crippen LogP contribution in [0.25, 0.3) is 0 Å². The van der Waals surface area contributed by atoms with E-state index in [1.54, 1.807) is 45.8 Å². The summed E-state index contributed by atoms with van der Waals surface area (Å²) in [6, 6.07) is 11.1. The summed E-state index contributed by atoms with van der Waals surface area (Å²) in [5.41, 5.74) is 0.580. The average Bonchev–Trinajstić information content (AvgIpc) is 3.76. The minimum atomic E-state index is -1.06. The summed E-state index contributed by atoms with van der Waals surface area (Å²) in [4.78, 5) is 42.1. The van der Waals surface area contributed by atoms with Crippen molar-refractivity contribution in [2.24, 2.45) is 0 Å². The normalized spacial score (nSPS) is 14.0. The summed E-state index contributed by atoms with van der Waals surface area (Å²) < 4.78 is 16.6. The molecule has 4 rings (SSSR count). The largest absolute Gasteiger partial charge is 0.481 e. The number of carbonyl (C=O) groups is 3. The fraction of sp³-hybridized carbons (Fsp3) is 0.433. The maximum Gasteiger partial charge on any atom is 0.410 e. The highest BCUT2D eigenvalue weighted by Crippen LogP contribution is 2.35. The van der Waals surface area contributed by atoms with Crippen LogP contribution in [0, 0.1) is 0 Å². The number of ether oxygens (including phenoxy) is 3. The topological polar surface area (TPSA) is 126 Å². The number of unbranched alkanes of at least 4 members (excludes halogenated alkanes) is 1. The summed E-state index contributed by atoms with van der Waals surface area (Å²) in [5, 5.41) is 19.1. The van der Waals surface area contributed by atoms with Gasteiger partial charge in [-0.05, 0) is 53.4 Å². The monoisotopic (exact) mass is 615 g/mol. The number of carboxylic acid groups (broad SMARTS) is 1. The van der Waals surface area contributed by atoms with E-state index in [4.69, 9.17) is 14.2 Å². The smallest absolute Gasteiger partial charge is 0.410 e. The first-order chi connectivity index (χ1) is 20.4. The maximum absolute atomic E-state index is 13.5. The molecule has 3 N–H and O–H groups in total. The van der Waals surface area contributed by atoms with Gasteiger partial charge in [-0.2, -0.15) is 0 Å². The number of nitrogens with zero attached hydrogens (tertiary/aromatic N) is 1. The van der Waals surface area contributed by atoms with E-state index in [1.165, 1.54) is 0 Å². The first-order valence-corrected chi connectivity index (χ1v) is 15.8. The summed E-state index contributed by atoms with van der Waals surface area (Å²) in [7, 11) is 0. The summed E-state index contributed by atoms with van der Waals surface area (Å²) in [6.07, 6.45) is 2.27. The van der Waals surface area contributed by atoms with Crippen LogP contribution < -0.4 is 20.1 Å². The van der Waals surface area contributed by atoms with Gasteiger partial charge in [0.2, 0.25) is 6.79 Å². The van der Waals surface area contributed by atoms with Gasteiger partial charge < -0.3 is 30.0 Å². The van der Waals surface area contributed by atoms with Crippen LogP contribution in [0.2, 0.25) is 0 Å². The standard InChI is InChI=1S/C30H37N3O7S2/c1-3-5-8-21(31-29(36)32-23(16-28(34)35)20-11-12-25-26(15-20)40-19-39-25)18-38-30(37)33(17-22-9-6-13-41-22)24(4-2)27-10-7-14-42-27/h6-7,9-15,21,23-24H,3-5,8,16-19H2,1-2H3,(H,34,35)(H2,31,32,36)/t21-,23+,24?/m0/s1. The number of aliphatic carboxylic acids is 1. The lowest BCUT2D eigenvalue weighted by molar-refractivity contribution is -0.137. The highest BCUT2D eigenvalue weighted by atomic mass is 32.1. The van der Waals surface area contributed by atoms with Crippen LogP contribution in [-0.2, 0) is 16.1 Å². The number of thiophene rings is 2. The number of amides is 3. The Bertz CT molecular complexity index is 1300. The third-order valence-electron chi connectivity index (χ3n) is 6.91. The highest BCUT2D eigenvalue weighted by Gasteiger charge is 2.28. The van der Waals surface area contributed by atoms with Crippen molar-refractivity contribution in [3.05, 3.63) is 68.5 Å². The fourth-order valence-electron chi connectivity index (χ4n) is 4.77. The average molecular weight is 616 g/mol. The summed E-state index contributed by atoms with van der Waals surface area (Å²) >= 11 is 3.19. The first kappa shape index (κ1) is 31.2. The van der Waals surface area contributed by atoms with Gasteiger partial charge in [-0.15, -0.1) is 22.7 Å². The van der Waals surface area contributed by atoms with Crippen LogP contribution in [0.15, 0.2) is 53.2 Å². The molecule has 2 aromatic heterocycles. The van der Waals surface area contributed by atoms with E-state index in [0.717, 1.165) is 29.0 Å². The lowest BCUT2D eigenvalue weighted by Crippen LogP contribution is -2.46. The third-order valence-corrected chi connectivity index (χ3v) is 8.74. The predicted molar refractivity (Wildman–Crippen MR) is 161 cm³/mol. The number of hydrogen-bond donors (Lipinski definition) is 3. The van der Waals surface area contributed by atoms with Crippen LogP contribution in [0.4, 0.5) is 9.59 Å². The Labute approximate surface area is 253 Å². The molecule has 0 saturated carbocycles. The van der Waals surface area contributed by atoms with E-state index < -0.39 is 30.2 Å². The van der Waals surface area contributed by atoms with E-state index in [0.29, 0.717) is 30.0 Å². The van der Waals surface area contributed by atoms with Crippen LogP contribution >= 0.6 is 22.7 Å². The van der Waals surface area contributed by atoms with Crippen molar-refractivity contribution < 1.29 is 33.7 Å². The first-order valence-electron chi connectivity index (χ1n) is 14.0. The van der Waals surface area contributed by atoms with E-state index in [9.17, 15) is 19.5 Å². The van der Waals surface area contributed by atoms with E-state index in [2.05, 4.69) is 10.6 Å². The van der Waals surface area contributed by atoms with Gasteiger partial charge in [-0.25, -0.2) is 9.59 Å². The second kappa shape index (κ2) is 15.5. The van der Waals surface area contributed by atoms with Crippen molar-refractivity contribution >= 4 is 40.8 Å². The van der Waals surface area contributed by atoms with Crippen LogP contribution in [0.1, 0.15) is 73.4 Å². The van der Waals surface area contributed by atoms with Gasteiger partial charge in [-0.3, -0.25) is 9.69 Å². The Morgan fingerprint density at radius 1 is 1.05 bits per heavy atom. The van der Waals surface area contributed by atoms with Crippen molar-refractivity contribution in [3.63, 3.8) is 0 Å². The van der Waals surface area contributed by atoms with Gasteiger partial charge in [0, 0.05) is 9.75 Å². The van der Waals surface area contributed by atoms with Gasteiger partial charge in [0.25, 0.3) is 0 Å². The molecule has 3 aromatic rings. The van der Waals surface area contributed by atoms with Crippen LogP contribution in [0.5, 0.6) is 11.5 Å². The molecular weight excluding hydrogens is 578 g/mol. The molecule has 3 atom stereocenters. The molecule has 3 amide bonds. The fourth-order valence-corrected chi connectivity index (χ4v) is 6.40. The Kier molecular flexibility index (Phi) is 11.5. The molecule has 226 valence electrons. The Morgan fingerprint density at radius 3 is 2.52 bits per heavy atom. The predicted octanol–water partition coefficient (Wildman–Crippen LogP) is 6.70. The molecule has 42 heavy (non-hydrogen) atoms. The minimum Gasteiger partial charge on any atom is -0.481 e. The molecule has 1 aliphatic heterocycles. The van der Waals surface area contributed by atoms with Crippen LogP contribution in [-0.4, -0.2) is 47.5 Å². The van der Waals surface area contributed by atoms with Crippen molar-refractivity contribution in [2.45, 2.75) is 70.6 Å². The minimum absolute atomic E-state index is 0.0122. The molecule has 0 radical (unpaired) electrons. The number of rotatable bonds is 15. The Morgan fingerprint density at radius 2 is 1.83 bits per heavy atom. The molecule has 1 aliphatic rings. The van der Waals surface area contributed by atoms with Crippen molar-refractivity contribution in [3.8, 4) is 11.5 Å².